The Morgan fingerprint density at radius 1 is 0.400 bits per heavy atom. The van der Waals surface area contributed by atoms with Crippen LogP contribution in [0.5, 0.6) is 0 Å². The van der Waals surface area contributed by atoms with E-state index >= 15 is 0 Å². The first-order valence-electron chi connectivity index (χ1n) is 26.1. The summed E-state index contributed by atoms with van der Waals surface area (Å²) in [7, 11) is 0. The van der Waals surface area contributed by atoms with Gasteiger partial charge in [0.1, 0.15) is 0 Å². The first kappa shape index (κ1) is 42.0. The van der Waals surface area contributed by atoms with Crippen LogP contribution in [-0.2, 0) is 5.41 Å². The number of hydrogen-bond donors (Lipinski definition) is 0. The van der Waals surface area contributed by atoms with Crippen molar-refractivity contribution < 1.29 is 0 Å². The van der Waals surface area contributed by atoms with Crippen molar-refractivity contribution in [3.63, 3.8) is 0 Å². The molecule has 0 N–H and O–H groups in total. The quantitative estimate of drug-likeness (QED) is 0.156. The number of para-hydroxylation sites is 1. The molecule has 5 aliphatic carbocycles. The average molecular weight is 952 g/mol. The highest BCUT2D eigenvalue weighted by Crippen LogP contribution is 2.58. The van der Waals surface area contributed by atoms with Crippen molar-refractivity contribution in [2.45, 2.75) is 5.41 Å². The standard InChI is InChI=1S/C72H45N3/c1-4-15-44(16-5-1)65-36-33-46-28-30-51-40-53(43-73-70(51)71(46)74-65)56-34-31-45-27-29-48-38-52(39-49-32-35-59(56)68(45)67(48)49)47-17-14-18-50(37-47)69-62-41-61-57-23-10-12-25-63(57)72(54-19-6-2-7-20-54,55-21-8-3-9-22-55)64(61)42-60(62)58-24-11-13-26-66(58)75-69/h1-43,67-68H. The maximum Gasteiger partial charge on any atom is 0.0972 e. The highest BCUT2D eigenvalue weighted by atomic mass is 14.8. The smallest absolute Gasteiger partial charge is 0.0972 e. The van der Waals surface area contributed by atoms with Gasteiger partial charge < -0.3 is 0 Å². The first-order valence-corrected chi connectivity index (χ1v) is 26.1. The van der Waals surface area contributed by atoms with Crippen molar-refractivity contribution in [2.24, 2.45) is 11.8 Å². The summed E-state index contributed by atoms with van der Waals surface area (Å²) in [5, 5.41) is 5.70. The van der Waals surface area contributed by atoms with Gasteiger partial charge >= 0.3 is 0 Å². The lowest BCUT2D eigenvalue weighted by molar-refractivity contribution is 0.568. The van der Waals surface area contributed by atoms with Gasteiger partial charge in [-0.25, -0.2) is 9.97 Å². The minimum absolute atomic E-state index is 0.218. The Kier molecular flexibility index (Phi) is 9.08. The number of fused-ring (bicyclic) bond motifs is 9. The van der Waals surface area contributed by atoms with Crippen molar-refractivity contribution in [3.8, 4) is 33.6 Å². The van der Waals surface area contributed by atoms with Gasteiger partial charge in [0.25, 0.3) is 0 Å². The molecule has 3 nitrogen and oxygen atoms in total. The number of aromatic nitrogens is 3. The van der Waals surface area contributed by atoms with E-state index in [0.29, 0.717) is 0 Å². The van der Waals surface area contributed by atoms with Crippen LogP contribution in [0.15, 0.2) is 283 Å². The van der Waals surface area contributed by atoms with Gasteiger partial charge in [0.2, 0.25) is 0 Å². The lowest BCUT2D eigenvalue weighted by Gasteiger charge is -2.41. The summed E-state index contributed by atoms with van der Waals surface area (Å²) < 4.78 is 0. The molecule has 75 heavy (non-hydrogen) atoms. The lowest BCUT2D eigenvalue weighted by atomic mass is 9.62. The monoisotopic (exact) mass is 951 g/mol. The molecule has 0 fully saturated rings. The summed E-state index contributed by atoms with van der Waals surface area (Å²) in [6, 6.07) is 75.1. The third kappa shape index (κ3) is 6.25. The van der Waals surface area contributed by atoms with E-state index in [4.69, 9.17) is 15.0 Å². The third-order valence-electron chi connectivity index (χ3n) is 16.7. The molecule has 0 amide bonds. The number of nitrogens with zero attached hydrogens (tertiary/aromatic N) is 3. The van der Waals surface area contributed by atoms with Crippen LogP contribution in [0.2, 0.25) is 0 Å². The second-order valence-electron chi connectivity index (χ2n) is 20.6. The van der Waals surface area contributed by atoms with Crippen molar-refractivity contribution in [1.82, 2.24) is 15.0 Å². The van der Waals surface area contributed by atoms with Crippen LogP contribution in [0.3, 0.4) is 0 Å². The van der Waals surface area contributed by atoms with Gasteiger partial charge in [-0.05, 0) is 114 Å². The van der Waals surface area contributed by atoms with E-state index in [0.717, 1.165) is 66.2 Å². The summed E-state index contributed by atoms with van der Waals surface area (Å²) in [5.41, 5.74) is 24.2. The fourth-order valence-electron chi connectivity index (χ4n) is 13.4. The number of benzene rings is 8. The van der Waals surface area contributed by atoms with Gasteiger partial charge in [0.15, 0.2) is 0 Å². The summed E-state index contributed by atoms with van der Waals surface area (Å²) >= 11 is 0. The number of rotatable bonds is 6. The molecule has 0 bridgehead atoms. The fourth-order valence-corrected chi connectivity index (χ4v) is 13.4. The molecule has 0 saturated heterocycles. The van der Waals surface area contributed by atoms with Gasteiger partial charge in [-0.15, -0.1) is 0 Å². The lowest BCUT2D eigenvalue weighted by Crippen LogP contribution is -2.29. The normalized spacial score (nSPS) is 17.6. The van der Waals surface area contributed by atoms with Gasteiger partial charge in [-0.1, -0.05) is 218 Å². The van der Waals surface area contributed by atoms with E-state index in [1.54, 1.807) is 0 Å². The Hall–Kier alpha value is -9.57. The van der Waals surface area contributed by atoms with Crippen molar-refractivity contribution >= 4 is 54.6 Å². The summed E-state index contributed by atoms with van der Waals surface area (Å²) in [4.78, 5) is 15.8. The van der Waals surface area contributed by atoms with E-state index in [2.05, 4.69) is 249 Å². The molecule has 5 aliphatic rings. The molecule has 3 heteroatoms. The van der Waals surface area contributed by atoms with E-state index in [1.807, 2.05) is 12.3 Å². The molecule has 8 aromatic carbocycles. The molecule has 0 radical (unpaired) electrons. The Labute approximate surface area is 435 Å². The minimum atomic E-state index is -0.495. The predicted molar refractivity (Wildman–Crippen MR) is 309 cm³/mol. The number of allylic oxidation sites excluding steroid dienone is 14. The zero-order valence-corrected chi connectivity index (χ0v) is 40.8. The van der Waals surface area contributed by atoms with E-state index in [9.17, 15) is 0 Å². The maximum absolute atomic E-state index is 5.53. The Morgan fingerprint density at radius 2 is 1.11 bits per heavy atom. The van der Waals surface area contributed by atoms with E-state index < -0.39 is 5.41 Å². The predicted octanol–water partition coefficient (Wildman–Crippen LogP) is 17.2. The topological polar surface area (TPSA) is 38.7 Å². The van der Waals surface area contributed by atoms with Crippen LogP contribution in [0.25, 0.3) is 88.3 Å². The van der Waals surface area contributed by atoms with Gasteiger partial charge in [0.05, 0.1) is 33.4 Å². The molecule has 2 unspecified atom stereocenters. The molecule has 0 saturated carbocycles. The van der Waals surface area contributed by atoms with Gasteiger partial charge in [-0.2, -0.15) is 0 Å². The van der Waals surface area contributed by atoms with E-state index in [-0.39, 0.29) is 11.8 Å². The second kappa shape index (κ2) is 16.2. The van der Waals surface area contributed by atoms with Gasteiger partial charge in [0, 0.05) is 56.3 Å². The molecular weight excluding hydrogens is 907 g/mol. The highest BCUT2D eigenvalue weighted by Gasteiger charge is 2.46. The molecule has 11 aromatic rings. The summed E-state index contributed by atoms with van der Waals surface area (Å²) in [6.07, 6.45) is 20.9. The zero-order valence-electron chi connectivity index (χ0n) is 40.8. The zero-order chi connectivity index (χ0) is 49.2. The molecule has 2 atom stereocenters. The van der Waals surface area contributed by atoms with Crippen molar-refractivity contribution in [2.75, 3.05) is 0 Å². The van der Waals surface area contributed by atoms with Crippen LogP contribution in [0.1, 0.15) is 33.4 Å². The fraction of sp³-hybridized carbons (Fsp3) is 0.0417. The largest absolute Gasteiger partial charge is 0.253 e. The van der Waals surface area contributed by atoms with Crippen LogP contribution in [0.4, 0.5) is 0 Å². The molecule has 0 aliphatic heterocycles. The Bertz CT molecular complexity index is 4470. The highest BCUT2D eigenvalue weighted by molar-refractivity contribution is 6.14. The molecule has 3 heterocycles. The van der Waals surface area contributed by atoms with Crippen LogP contribution in [-0.4, -0.2) is 15.0 Å². The third-order valence-corrected chi connectivity index (χ3v) is 16.7. The second-order valence-corrected chi connectivity index (χ2v) is 20.6. The summed E-state index contributed by atoms with van der Waals surface area (Å²) in [6.45, 7) is 0. The maximum atomic E-state index is 5.53. The minimum Gasteiger partial charge on any atom is -0.253 e. The molecular formula is C72H45N3. The van der Waals surface area contributed by atoms with Crippen LogP contribution < -0.4 is 0 Å². The Morgan fingerprint density at radius 3 is 1.96 bits per heavy atom. The Balaban J connectivity index is 0.798. The SMILES string of the molecule is C1=CC2=CC=C(c3cnc4c(ccc5ccc(-c6ccccc6)nc54)c3)C3=CC=C4C=C(c5cccc(-c6nc7ccccc7c7cc8c(cc67)-c6ccccc6C8(c6ccccc6)c6ccccc6)c5)C=C1C4C23. The van der Waals surface area contributed by atoms with Crippen molar-refractivity contribution in [3.05, 3.63) is 317 Å². The van der Waals surface area contributed by atoms with Gasteiger partial charge in [-0.3, -0.25) is 4.98 Å². The molecule has 16 rings (SSSR count). The molecule has 0 spiro atoms. The van der Waals surface area contributed by atoms with E-state index in [1.165, 1.54) is 77.8 Å². The van der Waals surface area contributed by atoms with Crippen molar-refractivity contribution in [1.29, 1.82) is 0 Å². The molecule has 3 aromatic heterocycles. The first-order chi connectivity index (χ1) is 37.2. The van der Waals surface area contributed by atoms with Crippen LogP contribution in [0, 0.1) is 11.8 Å². The number of pyridine rings is 3. The summed E-state index contributed by atoms with van der Waals surface area (Å²) in [5.74, 6) is 0.445. The number of hydrogen-bond acceptors (Lipinski definition) is 3. The van der Waals surface area contributed by atoms with Crippen LogP contribution >= 0.6 is 0 Å². The molecule has 348 valence electrons. The average Bonchev–Trinajstić information content (AvgIpc) is 3.82.